The summed E-state index contributed by atoms with van der Waals surface area (Å²) in [6.45, 7) is 11.3. The van der Waals surface area contributed by atoms with E-state index in [2.05, 4.69) is 48.1 Å². The first kappa shape index (κ1) is 13.3. The first-order valence-corrected chi connectivity index (χ1v) is 6.76. The van der Waals surface area contributed by atoms with Crippen molar-refractivity contribution in [2.24, 2.45) is 5.92 Å². The molecular formula is C13H24N4O. The molecule has 0 saturated carbocycles. The lowest BCUT2D eigenvalue weighted by Crippen LogP contribution is -2.35. The average molecular weight is 252 g/mol. The highest BCUT2D eigenvalue weighted by atomic mass is 16.4. The van der Waals surface area contributed by atoms with Gasteiger partial charge < -0.3 is 14.6 Å². The van der Waals surface area contributed by atoms with E-state index in [1.54, 1.807) is 0 Å². The van der Waals surface area contributed by atoms with Crippen molar-refractivity contribution in [2.45, 2.75) is 52.6 Å². The fraction of sp³-hybridized carbons (Fsp3) is 0.846. The molecule has 1 aliphatic rings. The van der Waals surface area contributed by atoms with Crippen LogP contribution in [0, 0.1) is 5.92 Å². The number of nitrogens with one attached hydrogen (secondary N) is 1. The fourth-order valence-electron chi connectivity index (χ4n) is 2.15. The maximum absolute atomic E-state index is 5.71. The summed E-state index contributed by atoms with van der Waals surface area (Å²) >= 11 is 0. The van der Waals surface area contributed by atoms with Gasteiger partial charge in [0.2, 0.25) is 5.89 Å². The Morgan fingerprint density at radius 2 is 2.17 bits per heavy atom. The quantitative estimate of drug-likeness (QED) is 0.893. The normalized spacial score (nSPS) is 21.3. The van der Waals surface area contributed by atoms with Gasteiger partial charge >= 0.3 is 6.01 Å². The van der Waals surface area contributed by atoms with E-state index in [4.69, 9.17) is 4.42 Å². The molecule has 1 aliphatic heterocycles. The fourth-order valence-corrected chi connectivity index (χ4v) is 2.15. The molecule has 1 aromatic heterocycles. The van der Waals surface area contributed by atoms with Crippen LogP contribution in [-0.4, -0.2) is 28.8 Å². The van der Waals surface area contributed by atoms with Gasteiger partial charge in [-0.1, -0.05) is 12.0 Å². The highest BCUT2D eigenvalue weighted by molar-refractivity contribution is 5.24. The summed E-state index contributed by atoms with van der Waals surface area (Å²) in [6.07, 6.45) is 2.50. The zero-order valence-corrected chi connectivity index (χ0v) is 11.9. The number of anilines is 1. The van der Waals surface area contributed by atoms with Gasteiger partial charge in [-0.15, -0.1) is 5.10 Å². The molecule has 102 valence electrons. The van der Waals surface area contributed by atoms with E-state index in [0.717, 1.165) is 13.1 Å². The molecule has 5 heteroatoms. The van der Waals surface area contributed by atoms with E-state index in [1.807, 2.05) is 0 Å². The molecular weight excluding hydrogens is 228 g/mol. The number of aromatic nitrogens is 2. The summed E-state index contributed by atoms with van der Waals surface area (Å²) in [5, 5.41) is 11.6. The summed E-state index contributed by atoms with van der Waals surface area (Å²) in [4.78, 5) is 2.20. The molecule has 0 amide bonds. The van der Waals surface area contributed by atoms with Crippen molar-refractivity contribution in [3.05, 3.63) is 5.89 Å². The number of hydrogen-bond acceptors (Lipinski definition) is 5. The second kappa shape index (κ2) is 5.26. The summed E-state index contributed by atoms with van der Waals surface area (Å²) in [5.74, 6) is 1.37. The number of rotatable bonds is 3. The number of hydrogen-bond donors (Lipinski definition) is 1. The number of piperidine rings is 1. The highest BCUT2D eigenvalue weighted by Crippen LogP contribution is 2.21. The van der Waals surface area contributed by atoms with Gasteiger partial charge in [-0.05, 0) is 39.5 Å². The van der Waals surface area contributed by atoms with E-state index in [-0.39, 0.29) is 5.54 Å². The minimum absolute atomic E-state index is 0.0638. The van der Waals surface area contributed by atoms with Crippen molar-refractivity contribution in [1.29, 1.82) is 0 Å². The van der Waals surface area contributed by atoms with Crippen molar-refractivity contribution < 1.29 is 4.42 Å². The Labute approximate surface area is 109 Å². The summed E-state index contributed by atoms with van der Waals surface area (Å²) in [6, 6.07) is 0.673. The molecule has 0 aromatic carbocycles. The van der Waals surface area contributed by atoms with Crippen molar-refractivity contribution >= 4 is 6.01 Å². The van der Waals surface area contributed by atoms with Gasteiger partial charge in [-0.25, -0.2) is 0 Å². The van der Waals surface area contributed by atoms with Gasteiger partial charge in [0, 0.05) is 18.6 Å². The first-order chi connectivity index (χ1) is 8.44. The van der Waals surface area contributed by atoms with E-state index in [0.29, 0.717) is 24.4 Å². The van der Waals surface area contributed by atoms with Crippen molar-refractivity contribution in [2.75, 3.05) is 18.0 Å². The zero-order valence-electron chi connectivity index (χ0n) is 11.9. The smallest absolute Gasteiger partial charge is 0.318 e. The molecule has 1 unspecified atom stereocenters. The van der Waals surface area contributed by atoms with Crippen LogP contribution < -0.4 is 10.2 Å². The molecule has 0 aliphatic carbocycles. The highest BCUT2D eigenvalue weighted by Gasteiger charge is 2.21. The molecule has 1 N–H and O–H groups in total. The van der Waals surface area contributed by atoms with Gasteiger partial charge in [0.25, 0.3) is 0 Å². The van der Waals surface area contributed by atoms with Gasteiger partial charge in [0.15, 0.2) is 0 Å². The molecule has 1 atom stereocenters. The predicted octanol–water partition coefficient (Wildman–Crippen LogP) is 2.19. The average Bonchev–Trinajstić information content (AvgIpc) is 2.74. The zero-order chi connectivity index (χ0) is 13.2. The number of nitrogens with zero attached hydrogens (tertiary/aromatic N) is 3. The third-order valence-electron chi connectivity index (χ3n) is 3.15. The molecule has 5 nitrogen and oxygen atoms in total. The molecule has 0 spiro atoms. The van der Waals surface area contributed by atoms with E-state index < -0.39 is 0 Å². The predicted molar refractivity (Wildman–Crippen MR) is 71.5 cm³/mol. The molecule has 0 radical (unpaired) electrons. The van der Waals surface area contributed by atoms with E-state index in [1.165, 1.54) is 12.8 Å². The first-order valence-electron chi connectivity index (χ1n) is 6.76. The van der Waals surface area contributed by atoms with E-state index >= 15 is 0 Å². The van der Waals surface area contributed by atoms with Crippen LogP contribution in [0.25, 0.3) is 0 Å². The Morgan fingerprint density at radius 3 is 2.83 bits per heavy atom. The molecule has 0 bridgehead atoms. The summed E-state index contributed by atoms with van der Waals surface area (Å²) < 4.78 is 5.71. The Balaban J connectivity index is 1.93. The third-order valence-corrected chi connectivity index (χ3v) is 3.15. The van der Waals surface area contributed by atoms with Crippen LogP contribution in [0.15, 0.2) is 4.42 Å². The minimum Gasteiger partial charge on any atom is -0.407 e. The SMILES string of the molecule is CC1CCCN(c2nnc(CNC(C)(C)C)o2)C1. The Morgan fingerprint density at radius 1 is 1.39 bits per heavy atom. The van der Waals surface area contributed by atoms with Gasteiger partial charge in [0.1, 0.15) is 0 Å². The monoisotopic (exact) mass is 252 g/mol. The third kappa shape index (κ3) is 3.70. The maximum Gasteiger partial charge on any atom is 0.318 e. The van der Waals surface area contributed by atoms with Crippen molar-refractivity contribution in [3.63, 3.8) is 0 Å². The molecule has 1 fully saturated rings. The van der Waals surface area contributed by atoms with Gasteiger partial charge in [-0.3, -0.25) is 0 Å². The van der Waals surface area contributed by atoms with Crippen LogP contribution in [0.3, 0.4) is 0 Å². The topological polar surface area (TPSA) is 54.2 Å². The van der Waals surface area contributed by atoms with Gasteiger partial charge in [-0.2, -0.15) is 0 Å². The van der Waals surface area contributed by atoms with Crippen LogP contribution in [0.2, 0.25) is 0 Å². The van der Waals surface area contributed by atoms with Crippen LogP contribution in [0.5, 0.6) is 0 Å². The van der Waals surface area contributed by atoms with Crippen LogP contribution in [0.1, 0.15) is 46.4 Å². The molecule has 1 aromatic rings. The second-order valence-corrected chi connectivity index (χ2v) is 6.28. The van der Waals surface area contributed by atoms with Crippen LogP contribution >= 0.6 is 0 Å². The summed E-state index contributed by atoms with van der Waals surface area (Å²) in [7, 11) is 0. The maximum atomic E-state index is 5.71. The van der Waals surface area contributed by atoms with Crippen LogP contribution in [-0.2, 0) is 6.54 Å². The van der Waals surface area contributed by atoms with Crippen molar-refractivity contribution in [1.82, 2.24) is 15.5 Å². The van der Waals surface area contributed by atoms with Crippen LogP contribution in [0.4, 0.5) is 6.01 Å². The van der Waals surface area contributed by atoms with Crippen molar-refractivity contribution in [3.8, 4) is 0 Å². The lowest BCUT2D eigenvalue weighted by atomic mass is 10.0. The lowest BCUT2D eigenvalue weighted by molar-refractivity contribution is 0.371. The largest absolute Gasteiger partial charge is 0.407 e. The van der Waals surface area contributed by atoms with E-state index in [9.17, 15) is 0 Å². The lowest BCUT2D eigenvalue weighted by Gasteiger charge is -2.29. The Bertz CT molecular complexity index is 383. The Hall–Kier alpha value is -1.10. The molecule has 2 heterocycles. The molecule has 18 heavy (non-hydrogen) atoms. The molecule has 1 saturated heterocycles. The minimum atomic E-state index is 0.0638. The summed E-state index contributed by atoms with van der Waals surface area (Å²) in [5.41, 5.74) is 0.0638. The second-order valence-electron chi connectivity index (χ2n) is 6.28. The van der Waals surface area contributed by atoms with Gasteiger partial charge in [0.05, 0.1) is 6.54 Å². The molecule has 2 rings (SSSR count). The standard InChI is InChI=1S/C13H24N4O/c1-10-6-5-7-17(9-10)12-16-15-11(18-12)8-14-13(2,3)4/h10,14H,5-9H2,1-4H3. The Kier molecular flexibility index (Phi) is 3.90.